The molecule has 0 saturated heterocycles. The molecule has 194 valence electrons. The number of nitriles is 3. The molecule has 0 radical (unpaired) electrons. The number of esters is 1. The van der Waals surface area contributed by atoms with Crippen LogP contribution >= 0.6 is 23.1 Å². The first-order chi connectivity index (χ1) is 18.8. The van der Waals surface area contributed by atoms with Crippen LogP contribution in [0.2, 0.25) is 0 Å². The van der Waals surface area contributed by atoms with Crippen LogP contribution < -0.4 is 11.5 Å². The highest BCUT2D eigenvalue weighted by atomic mass is 32.2. The highest BCUT2D eigenvalue weighted by Gasteiger charge is 2.38. The molecule has 3 heterocycles. The van der Waals surface area contributed by atoms with Gasteiger partial charge in [-0.15, -0.1) is 11.3 Å². The number of benzene rings is 1. The van der Waals surface area contributed by atoms with E-state index in [4.69, 9.17) is 20.9 Å². The molecule has 2 aromatic heterocycles. The molecule has 1 aromatic carbocycles. The van der Waals surface area contributed by atoms with Crippen molar-refractivity contribution in [1.82, 2.24) is 4.98 Å². The topological polar surface area (TPSA) is 172 Å². The van der Waals surface area contributed by atoms with E-state index in [0.29, 0.717) is 10.4 Å². The van der Waals surface area contributed by atoms with Crippen molar-refractivity contribution in [3.8, 4) is 29.3 Å². The van der Waals surface area contributed by atoms with Crippen molar-refractivity contribution in [1.29, 1.82) is 15.8 Å². The lowest BCUT2D eigenvalue weighted by Crippen LogP contribution is -2.26. The summed E-state index contributed by atoms with van der Waals surface area (Å²) in [4.78, 5) is 18.1. The molecule has 0 bridgehead atoms. The van der Waals surface area contributed by atoms with Gasteiger partial charge >= 0.3 is 5.97 Å². The van der Waals surface area contributed by atoms with E-state index in [1.54, 1.807) is 19.1 Å². The van der Waals surface area contributed by atoms with Crippen LogP contribution in [0.1, 0.15) is 28.8 Å². The fraction of sp³-hybridized carbons (Fsp3) is 0.148. The number of halogens is 1. The number of nitrogens with two attached hydrogens (primary N) is 2. The Hall–Kier alpha value is -4.83. The summed E-state index contributed by atoms with van der Waals surface area (Å²) in [5, 5.41) is 31.5. The van der Waals surface area contributed by atoms with Crippen molar-refractivity contribution >= 4 is 34.9 Å². The Morgan fingerprint density at radius 3 is 2.46 bits per heavy atom. The van der Waals surface area contributed by atoms with Crippen LogP contribution in [0.4, 0.5) is 10.2 Å². The van der Waals surface area contributed by atoms with Crippen LogP contribution in [0.25, 0.3) is 11.1 Å². The van der Waals surface area contributed by atoms with Gasteiger partial charge in [-0.1, -0.05) is 30.0 Å². The number of carbonyl (C=O) groups is 1. The normalized spacial score (nSPS) is 14.7. The minimum Gasteiger partial charge on any atom is -0.463 e. The maximum Gasteiger partial charge on any atom is 0.338 e. The van der Waals surface area contributed by atoms with Gasteiger partial charge in [-0.3, -0.25) is 0 Å². The molecule has 3 aromatic rings. The number of thioether (sulfide) groups is 1. The Kier molecular flexibility index (Phi) is 8.16. The van der Waals surface area contributed by atoms with E-state index >= 15 is 0 Å². The van der Waals surface area contributed by atoms with Crippen molar-refractivity contribution in [2.24, 2.45) is 5.73 Å². The smallest absolute Gasteiger partial charge is 0.338 e. The fourth-order valence-corrected chi connectivity index (χ4v) is 5.82. The molecule has 1 aliphatic heterocycles. The van der Waals surface area contributed by atoms with Crippen LogP contribution in [-0.2, 0) is 14.3 Å². The van der Waals surface area contributed by atoms with E-state index < -0.39 is 17.7 Å². The molecule has 0 aliphatic carbocycles. The Balaban J connectivity index is 1.83. The summed E-state index contributed by atoms with van der Waals surface area (Å²) in [5.74, 6) is -2.14. The van der Waals surface area contributed by atoms with E-state index in [0.717, 1.165) is 11.8 Å². The van der Waals surface area contributed by atoms with Crippen molar-refractivity contribution in [2.75, 3.05) is 18.1 Å². The standard InChI is InChI=1S/C27H19FN6O3S2/c1-2-36-27(35)23-19(37-25(33)17(11-30)22(23)20-4-3-9-38-20)13-39-26-18(12-31)21(16(10-29)24(32)34-26)14-5-7-15(28)8-6-14/h3-9,22H,2,13,33H2,1H3,(H2,32,34)/t22-/m1/s1. The number of hydrogen-bond donors (Lipinski definition) is 2. The second-order valence-electron chi connectivity index (χ2n) is 7.94. The highest BCUT2D eigenvalue weighted by Crippen LogP contribution is 2.43. The molecule has 0 saturated carbocycles. The second-order valence-corrected chi connectivity index (χ2v) is 9.89. The summed E-state index contributed by atoms with van der Waals surface area (Å²) in [6.07, 6.45) is 0. The second kappa shape index (κ2) is 11.7. The van der Waals surface area contributed by atoms with Crippen molar-refractivity contribution < 1.29 is 18.7 Å². The molecule has 12 heteroatoms. The Labute approximate surface area is 231 Å². The first kappa shape index (κ1) is 27.2. The fourth-order valence-electron chi connectivity index (χ4n) is 4.04. The number of ether oxygens (including phenoxy) is 2. The third-order valence-corrected chi connectivity index (χ3v) is 7.62. The van der Waals surface area contributed by atoms with Crippen LogP contribution in [0.15, 0.2) is 69.6 Å². The lowest BCUT2D eigenvalue weighted by atomic mass is 9.87. The molecule has 4 rings (SSSR count). The monoisotopic (exact) mass is 558 g/mol. The van der Waals surface area contributed by atoms with Gasteiger partial charge in [0.2, 0.25) is 5.88 Å². The largest absolute Gasteiger partial charge is 0.463 e. The Morgan fingerprint density at radius 1 is 1.15 bits per heavy atom. The van der Waals surface area contributed by atoms with Gasteiger partial charge < -0.3 is 20.9 Å². The summed E-state index contributed by atoms with van der Waals surface area (Å²) in [7, 11) is 0. The zero-order valence-corrected chi connectivity index (χ0v) is 22.0. The van der Waals surface area contributed by atoms with Gasteiger partial charge in [0.05, 0.1) is 29.4 Å². The summed E-state index contributed by atoms with van der Waals surface area (Å²) in [5.41, 5.74) is 13.0. The Morgan fingerprint density at radius 2 is 1.87 bits per heavy atom. The van der Waals surface area contributed by atoms with Crippen molar-refractivity contribution in [3.05, 3.63) is 86.4 Å². The number of carbonyl (C=O) groups excluding carboxylic acids is 1. The van der Waals surface area contributed by atoms with E-state index in [1.807, 2.05) is 17.5 Å². The lowest BCUT2D eigenvalue weighted by molar-refractivity contribution is -0.139. The van der Waals surface area contributed by atoms with Crippen LogP contribution in [0.5, 0.6) is 0 Å². The maximum atomic E-state index is 13.6. The average Bonchev–Trinajstić information content (AvgIpc) is 3.46. The van der Waals surface area contributed by atoms with Crippen molar-refractivity contribution in [3.63, 3.8) is 0 Å². The predicted octanol–water partition coefficient (Wildman–Crippen LogP) is 4.69. The summed E-state index contributed by atoms with van der Waals surface area (Å²) in [6.45, 7) is 1.75. The number of nitrogen functional groups attached to an aromatic ring is 1. The van der Waals surface area contributed by atoms with E-state index in [-0.39, 0.29) is 62.7 Å². The summed E-state index contributed by atoms with van der Waals surface area (Å²) in [6, 6.07) is 14.9. The van der Waals surface area contributed by atoms with Gasteiger partial charge in [-0.2, -0.15) is 15.8 Å². The van der Waals surface area contributed by atoms with Crippen LogP contribution in [0, 0.1) is 39.8 Å². The van der Waals surface area contributed by atoms with Crippen LogP contribution in [-0.4, -0.2) is 23.3 Å². The number of thiophene rings is 1. The summed E-state index contributed by atoms with van der Waals surface area (Å²) < 4.78 is 24.6. The third kappa shape index (κ3) is 5.27. The highest BCUT2D eigenvalue weighted by molar-refractivity contribution is 7.99. The first-order valence-electron chi connectivity index (χ1n) is 11.4. The van der Waals surface area contributed by atoms with Gasteiger partial charge in [0.15, 0.2) is 0 Å². The average molecular weight is 559 g/mol. The lowest BCUT2D eigenvalue weighted by Gasteiger charge is -2.27. The molecule has 1 atom stereocenters. The van der Waals surface area contributed by atoms with Crippen LogP contribution in [0.3, 0.4) is 0 Å². The quantitative estimate of drug-likeness (QED) is 0.306. The molecule has 9 nitrogen and oxygen atoms in total. The predicted molar refractivity (Wildman–Crippen MR) is 143 cm³/mol. The molecule has 0 unspecified atom stereocenters. The number of pyridine rings is 1. The van der Waals surface area contributed by atoms with Gasteiger partial charge in [0.25, 0.3) is 0 Å². The molecule has 0 amide bonds. The SMILES string of the molecule is CCOC(=O)C1=C(CSc2nc(N)c(C#N)c(-c3ccc(F)cc3)c2C#N)OC(N)=C(C#N)[C@@H]1c1cccs1. The van der Waals surface area contributed by atoms with E-state index in [2.05, 4.69) is 11.1 Å². The zero-order chi connectivity index (χ0) is 28.1. The number of hydrogen-bond acceptors (Lipinski definition) is 11. The first-order valence-corrected chi connectivity index (χ1v) is 13.2. The molecular weight excluding hydrogens is 539 g/mol. The number of aromatic nitrogens is 1. The number of allylic oxidation sites excluding steroid dienone is 1. The van der Waals surface area contributed by atoms with Gasteiger partial charge in [0.1, 0.15) is 51.8 Å². The molecule has 0 fully saturated rings. The minimum atomic E-state index is -0.803. The molecular formula is C27H19FN6O3S2. The maximum absolute atomic E-state index is 13.6. The minimum absolute atomic E-state index is 0.0218. The number of anilines is 1. The number of rotatable bonds is 7. The van der Waals surface area contributed by atoms with E-state index in [9.17, 15) is 25.0 Å². The van der Waals surface area contributed by atoms with Gasteiger partial charge in [0, 0.05) is 10.4 Å². The molecule has 39 heavy (non-hydrogen) atoms. The Bertz CT molecular complexity index is 1630. The summed E-state index contributed by atoms with van der Waals surface area (Å²) >= 11 is 2.37. The van der Waals surface area contributed by atoms with Gasteiger partial charge in [-0.25, -0.2) is 14.2 Å². The van der Waals surface area contributed by atoms with Gasteiger partial charge in [-0.05, 0) is 36.1 Å². The van der Waals surface area contributed by atoms with Crippen molar-refractivity contribution in [2.45, 2.75) is 17.9 Å². The van der Waals surface area contributed by atoms with E-state index in [1.165, 1.54) is 35.6 Å². The molecule has 0 spiro atoms. The molecule has 4 N–H and O–H groups in total. The third-order valence-electron chi connectivity index (χ3n) is 5.71. The number of nitrogens with zero attached hydrogens (tertiary/aromatic N) is 4. The molecule has 1 aliphatic rings. The zero-order valence-electron chi connectivity index (χ0n) is 20.4.